The highest BCUT2D eigenvalue weighted by molar-refractivity contribution is 6.35. The fraction of sp³-hybridized carbons (Fsp3) is 0.800. The average molecular weight is 213 g/mol. The predicted molar refractivity (Wildman–Crippen MR) is 57.1 cm³/mol. The van der Waals surface area contributed by atoms with Crippen molar-refractivity contribution >= 4 is 11.8 Å². The third-order valence-electron chi connectivity index (χ3n) is 2.66. The summed E-state index contributed by atoms with van der Waals surface area (Å²) in [5.41, 5.74) is 5.37. The van der Waals surface area contributed by atoms with E-state index in [9.17, 15) is 9.59 Å². The molecule has 1 rings (SSSR count). The number of hydrogen-bond donors (Lipinski definition) is 1. The molecule has 0 aromatic carbocycles. The molecule has 1 saturated heterocycles. The van der Waals surface area contributed by atoms with Crippen LogP contribution in [-0.2, 0) is 9.59 Å². The van der Waals surface area contributed by atoms with Gasteiger partial charge in [-0.05, 0) is 26.3 Å². The van der Waals surface area contributed by atoms with Crippen LogP contribution in [-0.4, -0.2) is 54.3 Å². The molecule has 0 saturated carbocycles. The summed E-state index contributed by atoms with van der Waals surface area (Å²) in [4.78, 5) is 26.3. The first-order valence-corrected chi connectivity index (χ1v) is 5.49. The number of nitrogens with two attached hydrogens (primary N) is 1. The van der Waals surface area contributed by atoms with Crippen LogP contribution in [0.5, 0.6) is 0 Å². The summed E-state index contributed by atoms with van der Waals surface area (Å²) in [5.74, 6) is -0.725. The summed E-state index contributed by atoms with van der Waals surface area (Å²) >= 11 is 0. The minimum atomic E-state index is -0.364. The third kappa shape index (κ3) is 2.92. The second-order valence-corrected chi connectivity index (χ2v) is 3.67. The van der Waals surface area contributed by atoms with Crippen molar-refractivity contribution in [3.05, 3.63) is 0 Å². The van der Waals surface area contributed by atoms with Gasteiger partial charge in [-0.25, -0.2) is 0 Å². The van der Waals surface area contributed by atoms with Crippen molar-refractivity contribution in [3.8, 4) is 0 Å². The van der Waals surface area contributed by atoms with Gasteiger partial charge < -0.3 is 15.5 Å². The van der Waals surface area contributed by atoms with E-state index in [4.69, 9.17) is 5.73 Å². The summed E-state index contributed by atoms with van der Waals surface area (Å²) in [6.07, 6.45) is 1.77. The van der Waals surface area contributed by atoms with E-state index in [1.165, 1.54) is 0 Å². The summed E-state index contributed by atoms with van der Waals surface area (Å²) in [5, 5.41) is 0. The van der Waals surface area contributed by atoms with Crippen LogP contribution >= 0.6 is 0 Å². The van der Waals surface area contributed by atoms with E-state index >= 15 is 0 Å². The minimum absolute atomic E-state index is 0.361. The highest BCUT2D eigenvalue weighted by Gasteiger charge is 2.30. The molecular weight excluding hydrogens is 194 g/mol. The van der Waals surface area contributed by atoms with E-state index in [1.54, 1.807) is 9.80 Å². The first-order chi connectivity index (χ1) is 7.20. The van der Waals surface area contributed by atoms with Crippen molar-refractivity contribution in [2.75, 3.05) is 32.7 Å². The zero-order valence-electron chi connectivity index (χ0n) is 9.24. The van der Waals surface area contributed by atoms with Crippen LogP contribution in [0.4, 0.5) is 0 Å². The van der Waals surface area contributed by atoms with Crippen LogP contribution in [0.2, 0.25) is 0 Å². The fourth-order valence-corrected chi connectivity index (χ4v) is 1.68. The number of hydrogen-bond acceptors (Lipinski definition) is 3. The van der Waals surface area contributed by atoms with Crippen LogP contribution in [0.1, 0.15) is 19.8 Å². The van der Waals surface area contributed by atoms with Gasteiger partial charge in [-0.2, -0.15) is 0 Å². The zero-order valence-corrected chi connectivity index (χ0v) is 9.24. The van der Waals surface area contributed by atoms with Gasteiger partial charge in [0.15, 0.2) is 0 Å². The maximum atomic E-state index is 11.6. The summed E-state index contributed by atoms with van der Waals surface area (Å²) < 4.78 is 0. The topological polar surface area (TPSA) is 66.6 Å². The van der Waals surface area contributed by atoms with Crippen molar-refractivity contribution in [3.63, 3.8) is 0 Å². The van der Waals surface area contributed by atoms with Crippen LogP contribution in [0, 0.1) is 0 Å². The molecule has 0 aliphatic carbocycles. The van der Waals surface area contributed by atoms with Crippen molar-refractivity contribution in [1.29, 1.82) is 0 Å². The van der Waals surface area contributed by atoms with Crippen molar-refractivity contribution in [2.24, 2.45) is 5.73 Å². The molecule has 5 nitrogen and oxygen atoms in total. The van der Waals surface area contributed by atoms with E-state index in [-0.39, 0.29) is 11.8 Å². The van der Waals surface area contributed by atoms with Crippen LogP contribution in [0.3, 0.4) is 0 Å². The number of amides is 2. The molecule has 1 aliphatic rings. The second kappa shape index (κ2) is 5.70. The highest BCUT2D eigenvalue weighted by atomic mass is 16.2. The molecule has 1 fully saturated rings. The highest BCUT2D eigenvalue weighted by Crippen LogP contribution is 2.05. The molecule has 1 heterocycles. The maximum Gasteiger partial charge on any atom is 0.312 e. The number of unbranched alkanes of at least 4 members (excludes halogenated alkanes) is 1. The van der Waals surface area contributed by atoms with Crippen LogP contribution in [0.25, 0.3) is 0 Å². The Labute approximate surface area is 90.2 Å². The van der Waals surface area contributed by atoms with Gasteiger partial charge in [-0.15, -0.1) is 0 Å². The number of piperazine rings is 1. The Morgan fingerprint density at radius 2 is 1.73 bits per heavy atom. The number of carbonyl (C=O) groups excluding carboxylic acids is 2. The molecule has 0 unspecified atom stereocenters. The Morgan fingerprint density at radius 1 is 1.13 bits per heavy atom. The van der Waals surface area contributed by atoms with Crippen LogP contribution in [0.15, 0.2) is 0 Å². The Hall–Kier alpha value is -1.10. The molecule has 0 bridgehead atoms. The van der Waals surface area contributed by atoms with Gasteiger partial charge in [0.2, 0.25) is 0 Å². The predicted octanol–water partition coefficient (Wildman–Crippen LogP) is -0.584. The maximum absolute atomic E-state index is 11.6. The number of carbonyl (C=O) groups is 2. The summed E-state index contributed by atoms with van der Waals surface area (Å²) in [7, 11) is 0. The largest absolute Gasteiger partial charge is 0.333 e. The Kier molecular flexibility index (Phi) is 4.55. The molecule has 0 atom stereocenters. The van der Waals surface area contributed by atoms with Gasteiger partial charge in [0, 0.05) is 26.2 Å². The molecule has 1 aliphatic heterocycles. The van der Waals surface area contributed by atoms with Crippen molar-refractivity contribution in [2.45, 2.75) is 19.8 Å². The van der Waals surface area contributed by atoms with E-state index in [0.29, 0.717) is 32.7 Å². The number of nitrogens with zero attached hydrogens (tertiary/aromatic N) is 2. The normalized spacial score (nSPS) is 17.5. The molecular formula is C10H19N3O2. The second-order valence-electron chi connectivity index (χ2n) is 3.67. The number of likely N-dealkylation sites (N-methyl/N-ethyl adjacent to an activating group) is 1. The lowest BCUT2D eigenvalue weighted by atomic mass is 10.2. The molecule has 0 radical (unpaired) electrons. The standard InChI is InChI=1S/C10H19N3O2/c1-2-12-7-8-13(6-4-3-5-11)10(15)9(12)14/h2-8,11H2,1H3. The summed E-state index contributed by atoms with van der Waals surface area (Å²) in [6, 6.07) is 0. The lowest BCUT2D eigenvalue weighted by Gasteiger charge is -2.33. The van der Waals surface area contributed by atoms with E-state index < -0.39 is 0 Å². The lowest BCUT2D eigenvalue weighted by Crippen LogP contribution is -2.54. The average Bonchev–Trinajstić information content (AvgIpc) is 2.25. The molecule has 0 aromatic heterocycles. The van der Waals surface area contributed by atoms with E-state index in [1.807, 2.05) is 6.92 Å². The van der Waals surface area contributed by atoms with Gasteiger partial charge >= 0.3 is 11.8 Å². The van der Waals surface area contributed by atoms with Gasteiger partial charge in [-0.3, -0.25) is 9.59 Å². The minimum Gasteiger partial charge on any atom is -0.333 e. The first kappa shape index (κ1) is 12.0. The van der Waals surface area contributed by atoms with Gasteiger partial charge in [0.1, 0.15) is 0 Å². The Balaban J connectivity index is 2.42. The zero-order chi connectivity index (χ0) is 11.3. The molecule has 5 heteroatoms. The van der Waals surface area contributed by atoms with E-state index in [0.717, 1.165) is 12.8 Å². The van der Waals surface area contributed by atoms with E-state index in [2.05, 4.69) is 0 Å². The third-order valence-corrected chi connectivity index (χ3v) is 2.66. The Morgan fingerprint density at radius 3 is 2.33 bits per heavy atom. The fourth-order valence-electron chi connectivity index (χ4n) is 1.68. The molecule has 0 spiro atoms. The van der Waals surface area contributed by atoms with Crippen molar-refractivity contribution < 1.29 is 9.59 Å². The Bertz CT molecular complexity index is 241. The van der Waals surface area contributed by atoms with Gasteiger partial charge in [0.05, 0.1) is 0 Å². The summed E-state index contributed by atoms with van der Waals surface area (Å²) in [6.45, 7) is 5.10. The smallest absolute Gasteiger partial charge is 0.312 e. The molecule has 86 valence electrons. The molecule has 2 N–H and O–H groups in total. The lowest BCUT2D eigenvalue weighted by molar-refractivity contribution is -0.155. The van der Waals surface area contributed by atoms with Gasteiger partial charge in [-0.1, -0.05) is 0 Å². The SMILES string of the molecule is CCN1CCN(CCCCN)C(=O)C1=O. The van der Waals surface area contributed by atoms with Crippen molar-refractivity contribution in [1.82, 2.24) is 9.80 Å². The number of rotatable bonds is 5. The molecule has 0 aromatic rings. The van der Waals surface area contributed by atoms with Crippen LogP contribution < -0.4 is 5.73 Å². The quantitative estimate of drug-likeness (QED) is 0.490. The molecule has 15 heavy (non-hydrogen) atoms. The molecule has 2 amide bonds. The van der Waals surface area contributed by atoms with Gasteiger partial charge in [0.25, 0.3) is 0 Å². The first-order valence-electron chi connectivity index (χ1n) is 5.49. The monoisotopic (exact) mass is 213 g/mol.